The highest BCUT2D eigenvalue weighted by Crippen LogP contribution is 2.32. The molecule has 0 unspecified atom stereocenters. The van der Waals surface area contributed by atoms with Crippen molar-refractivity contribution >= 4 is 23.4 Å². The minimum atomic E-state index is -0.229. The second-order valence-electron chi connectivity index (χ2n) is 6.15. The third kappa shape index (κ3) is 4.94. The maximum atomic E-state index is 12.3. The van der Waals surface area contributed by atoms with Gasteiger partial charge in [0.15, 0.2) is 28.8 Å². The molecule has 0 bridgehead atoms. The Labute approximate surface area is 183 Å². The van der Waals surface area contributed by atoms with E-state index in [4.69, 9.17) is 24.8 Å². The number of aromatic nitrogens is 3. The van der Waals surface area contributed by atoms with Crippen LogP contribution in [0, 0.1) is 0 Å². The summed E-state index contributed by atoms with van der Waals surface area (Å²) in [6.07, 6.45) is 0. The van der Waals surface area contributed by atoms with Gasteiger partial charge < -0.3 is 30.1 Å². The summed E-state index contributed by atoms with van der Waals surface area (Å²) in [4.78, 5) is 12.3. The van der Waals surface area contributed by atoms with Gasteiger partial charge in [-0.3, -0.25) is 4.79 Å². The van der Waals surface area contributed by atoms with Crippen LogP contribution in [0.15, 0.2) is 41.6 Å². The molecule has 0 spiro atoms. The van der Waals surface area contributed by atoms with Gasteiger partial charge in [-0.1, -0.05) is 11.8 Å². The van der Waals surface area contributed by atoms with Gasteiger partial charge in [0.1, 0.15) is 0 Å². The second kappa shape index (κ2) is 9.94. The number of hydrogen-bond donors (Lipinski definition) is 2. The van der Waals surface area contributed by atoms with Crippen LogP contribution in [0.5, 0.6) is 23.0 Å². The normalized spacial score (nSPS) is 10.5. The highest BCUT2D eigenvalue weighted by molar-refractivity contribution is 7.99. The summed E-state index contributed by atoms with van der Waals surface area (Å²) in [5.41, 5.74) is 1.29. The summed E-state index contributed by atoms with van der Waals surface area (Å²) in [6.45, 7) is 0. The van der Waals surface area contributed by atoms with Crippen molar-refractivity contribution in [2.24, 2.45) is 0 Å². The van der Waals surface area contributed by atoms with E-state index in [1.807, 2.05) is 0 Å². The van der Waals surface area contributed by atoms with Crippen LogP contribution < -0.4 is 30.1 Å². The lowest BCUT2D eigenvalue weighted by Crippen LogP contribution is -2.16. The topological polar surface area (TPSA) is 123 Å². The van der Waals surface area contributed by atoms with Gasteiger partial charge in [-0.2, -0.15) is 0 Å². The van der Waals surface area contributed by atoms with E-state index in [9.17, 15) is 4.79 Å². The predicted molar refractivity (Wildman–Crippen MR) is 118 cm³/mol. The number of thioether (sulfide) groups is 1. The number of nitrogens with two attached hydrogens (primary N) is 1. The standard InChI is InChI=1S/C20H23N5O5S/c1-27-14-7-5-12(9-16(14)29-3)19-23-24-20(25(19)21)31-11-18(26)22-13-6-8-15(28-2)17(10-13)30-4/h5-10H,11,21H2,1-4H3,(H,22,26). The number of nitrogen functional groups attached to an aromatic ring is 1. The van der Waals surface area contributed by atoms with Crippen LogP contribution in [0.2, 0.25) is 0 Å². The summed E-state index contributed by atoms with van der Waals surface area (Å²) in [6, 6.07) is 10.4. The third-order valence-corrected chi connectivity index (χ3v) is 5.25. The van der Waals surface area contributed by atoms with Crippen LogP contribution in [0.25, 0.3) is 11.4 Å². The van der Waals surface area contributed by atoms with Gasteiger partial charge in [-0.05, 0) is 30.3 Å². The van der Waals surface area contributed by atoms with Crippen molar-refractivity contribution in [1.29, 1.82) is 0 Å². The van der Waals surface area contributed by atoms with E-state index in [1.165, 1.54) is 23.5 Å². The van der Waals surface area contributed by atoms with Crippen LogP contribution in [0.4, 0.5) is 5.69 Å². The summed E-state index contributed by atoms with van der Waals surface area (Å²) in [5, 5.41) is 11.4. The fraction of sp³-hybridized carbons (Fsp3) is 0.250. The highest BCUT2D eigenvalue weighted by Gasteiger charge is 2.16. The van der Waals surface area contributed by atoms with Gasteiger partial charge in [-0.15, -0.1) is 10.2 Å². The van der Waals surface area contributed by atoms with E-state index in [0.717, 1.165) is 0 Å². The van der Waals surface area contributed by atoms with E-state index < -0.39 is 0 Å². The first-order valence-electron chi connectivity index (χ1n) is 9.08. The Kier molecular flexibility index (Phi) is 7.08. The molecule has 31 heavy (non-hydrogen) atoms. The van der Waals surface area contributed by atoms with Crippen LogP contribution in [0.1, 0.15) is 0 Å². The average Bonchev–Trinajstić information content (AvgIpc) is 3.17. The second-order valence-corrected chi connectivity index (χ2v) is 7.10. The average molecular weight is 446 g/mol. The summed E-state index contributed by atoms with van der Waals surface area (Å²) in [7, 11) is 6.19. The number of rotatable bonds is 9. The maximum absolute atomic E-state index is 12.3. The Morgan fingerprint density at radius 1 is 0.935 bits per heavy atom. The lowest BCUT2D eigenvalue weighted by Gasteiger charge is -2.10. The van der Waals surface area contributed by atoms with E-state index in [1.54, 1.807) is 57.7 Å². The van der Waals surface area contributed by atoms with E-state index in [0.29, 0.717) is 45.2 Å². The zero-order valence-corrected chi connectivity index (χ0v) is 18.4. The Hall–Kier alpha value is -3.60. The molecule has 0 aliphatic carbocycles. The molecule has 0 atom stereocenters. The molecule has 164 valence electrons. The van der Waals surface area contributed by atoms with Crippen molar-refractivity contribution in [3.05, 3.63) is 36.4 Å². The molecule has 3 aromatic rings. The Morgan fingerprint density at radius 2 is 1.55 bits per heavy atom. The van der Waals surface area contributed by atoms with Gasteiger partial charge in [0.05, 0.1) is 34.2 Å². The molecule has 10 nitrogen and oxygen atoms in total. The van der Waals surface area contributed by atoms with Gasteiger partial charge >= 0.3 is 0 Å². The molecule has 0 aliphatic heterocycles. The number of benzene rings is 2. The van der Waals surface area contributed by atoms with Crippen molar-refractivity contribution in [3.8, 4) is 34.4 Å². The largest absolute Gasteiger partial charge is 0.493 e. The lowest BCUT2D eigenvalue weighted by molar-refractivity contribution is -0.113. The Morgan fingerprint density at radius 3 is 2.19 bits per heavy atom. The van der Waals surface area contributed by atoms with Crippen LogP contribution in [0.3, 0.4) is 0 Å². The minimum absolute atomic E-state index is 0.0929. The SMILES string of the molecule is COc1ccc(NC(=O)CSc2nnc(-c3ccc(OC)c(OC)c3)n2N)cc1OC. The minimum Gasteiger partial charge on any atom is -0.493 e. The van der Waals surface area contributed by atoms with Crippen LogP contribution in [-0.2, 0) is 4.79 Å². The fourth-order valence-electron chi connectivity index (χ4n) is 2.79. The number of carbonyl (C=O) groups excluding carboxylic acids is 1. The predicted octanol–water partition coefficient (Wildman–Crippen LogP) is 2.42. The Balaban J connectivity index is 1.67. The molecular formula is C20H23N5O5S. The molecule has 1 aromatic heterocycles. The summed E-state index contributed by atoms with van der Waals surface area (Å²) < 4.78 is 22.3. The molecule has 2 aromatic carbocycles. The smallest absolute Gasteiger partial charge is 0.234 e. The van der Waals surface area contributed by atoms with Crippen LogP contribution >= 0.6 is 11.8 Å². The molecule has 1 amide bonds. The van der Waals surface area contributed by atoms with Crippen molar-refractivity contribution in [2.75, 3.05) is 45.4 Å². The molecule has 1 heterocycles. The van der Waals surface area contributed by atoms with Crippen molar-refractivity contribution in [2.45, 2.75) is 5.16 Å². The van der Waals surface area contributed by atoms with E-state index in [2.05, 4.69) is 15.5 Å². The number of ether oxygens (including phenoxy) is 4. The highest BCUT2D eigenvalue weighted by atomic mass is 32.2. The first kappa shape index (κ1) is 22.1. The third-order valence-electron chi connectivity index (χ3n) is 4.31. The zero-order chi connectivity index (χ0) is 22.4. The molecule has 0 saturated carbocycles. The van der Waals surface area contributed by atoms with Crippen molar-refractivity contribution < 1.29 is 23.7 Å². The number of anilines is 1. The Bertz CT molecular complexity index is 1070. The number of carbonyl (C=O) groups is 1. The first-order chi connectivity index (χ1) is 15.0. The number of nitrogens with zero attached hydrogens (tertiary/aromatic N) is 3. The molecular weight excluding hydrogens is 422 g/mol. The molecule has 0 saturated heterocycles. The fourth-order valence-corrected chi connectivity index (χ4v) is 3.45. The molecule has 11 heteroatoms. The van der Waals surface area contributed by atoms with Gasteiger partial charge in [0, 0.05) is 17.3 Å². The quantitative estimate of drug-likeness (QED) is 0.377. The van der Waals surface area contributed by atoms with Gasteiger partial charge in [0.2, 0.25) is 11.1 Å². The molecule has 0 aliphatic rings. The molecule has 0 radical (unpaired) electrons. The number of methoxy groups -OCH3 is 4. The first-order valence-corrected chi connectivity index (χ1v) is 10.1. The van der Waals surface area contributed by atoms with Crippen molar-refractivity contribution in [1.82, 2.24) is 14.9 Å². The molecule has 3 N–H and O–H groups in total. The summed E-state index contributed by atoms with van der Waals surface area (Å²) >= 11 is 1.17. The van der Waals surface area contributed by atoms with Gasteiger partial charge in [-0.25, -0.2) is 4.68 Å². The number of nitrogens with one attached hydrogen (secondary N) is 1. The molecule has 3 rings (SSSR count). The van der Waals surface area contributed by atoms with Crippen LogP contribution in [-0.4, -0.2) is 55.0 Å². The lowest BCUT2D eigenvalue weighted by atomic mass is 10.2. The van der Waals surface area contributed by atoms with Gasteiger partial charge in [0.25, 0.3) is 0 Å². The number of amides is 1. The number of hydrogen-bond acceptors (Lipinski definition) is 9. The van der Waals surface area contributed by atoms with Crippen molar-refractivity contribution in [3.63, 3.8) is 0 Å². The summed E-state index contributed by atoms with van der Waals surface area (Å²) in [5.74, 6) is 8.68. The molecule has 0 fully saturated rings. The zero-order valence-electron chi connectivity index (χ0n) is 17.5. The van der Waals surface area contributed by atoms with E-state index >= 15 is 0 Å². The maximum Gasteiger partial charge on any atom is 0.234 e. The van der Waals surface area contributed by atoms with E-state index in [-0.39, 0.29) is 11.7 Å². The monoisotopic (exact) mass is 445 g/mol.